The summed E-state index contributed by atoms with van der Waals surface area (Å²) in [6.45, 7) is 11.2. The van der Waals surface area contributed by atoms with Crippen LogP contribution in [0.4, 0.5) is 0 Å². The average molecular weight is 254 g/mol. The third-order valence-corrected chi connectivity index (χ3v) is 2.83. The molecule has 0 aliphatic carbocycles. The molecule has 1 unspecified atom stereocenters. The SMILES string of the molecule is CCOC(c1nc(=S)cc(C(C)C)[nH]1)C(C)C. The topological polar surface area (TPSA) is 37.9 Å². The molecule has 0 radical (unpaired) electrons. The van der Waals surface area contributed by atoms with Gasteiger partial charge >= 0.3 is 0 Å². The number of H-pyrrole nitrogens is 1. The molecule has 1 heterocycles. The predicted molar refractivity (Wildman–Crippen MR) is 72.7 cm³/mol. The Bertz CT molecular complexity index is 412. The molecule has 0 aromatic carbocycles. The number of nitrogens with zero attached hydrogens (tertiary/aromatic N) is 1. The maximum atomic E-state index is 5.74. The Morgan fingerprint density at radius 3 is 2.47 bits per heavy atom. The highest BCUT2D eigenvalue weighted by atomic mass is 32.1. The van der Waals surface area contributed by atoms with E-state index in [-0.39, 0.29) is 6.10 Å². The molecule has 96 valence electrons. The maximum Gasteiger partial charge on any atom is 0.137 e. The second-order valence-electron chi connectivity index (χ2n) is 4.83. The molecule has 1 aromatic rings. The van der Waals surface area contributed by atoms with Crippen molar-refractivity contribution in [3.8, 4) is 0 Å². The highest BCUT2D eigenvalue weighted by molar-refractivity contribution is 7.71. The van der Waals surface area contributed by atoms with Crippen LogP contribution in [-0.2, 0) is 4.74 Å². The fourth-order valence-electron chi connectivity index (χ4n) is 1.71. The van der Waals surface area contributed by atoms with E-state index in [1.165, 1.54) is 0 Å². The van der Waals surface area contributed by atoms with E-state index < -0.39 is 0 Å². The van der Waals surface area contributed by atoms with Crippen LogP contribution in [0.5, 0.6) is 0 Å². The molecule has 0 bridgehead atoms. The summed E-state index contributed by atoms with van der Waals surface area (Å²) in [7, 11) is 0. The van der Waals surface area contributed by atoms with Gasteiger partial charge in [0.2, 0.25) is 0 Å². The van der Waals surface area contributed by atoms with Crippen LogP contribution < -0.4 is 0 Å². The molecule has 0 spiro atoms. The first-order chi connectivity index (χ1) is 7.95. The van der Waals surface area contributed by atoms with Crippen LogP contribution in [0.15, 0.2) is 6.07 Å². The van der Waals surface area contributed by atoms with Gasteiger partial charge in [-0.2, -0.15) is 0 Å². The van der Waals surface area contributed by atoms with Crippen LogP contribution >= 0.6 is 12.2 Å². The van der Waals surface area contributed by atoms with Crippen LogP contribution in [0.2, 0.25) is 0 Å². The summed E-state index contributed by atoms with van der Waals surface area (Å²) in [6.07, 6.45) is -0.0135. The molecule has 0 fully saturated rings. The van der Waals surface area contributed by atoms with Crippen LogP contribution in [0, 0.1) is 10.6 Å². The molecular formula is C13H22N2OS. The molecule has 4 heteroatoms. The molecule has 0 aliphatic rings. The number of rotatable bonds is 5. The molecule has 1 aromatic heterocycles. The summed E-state index contributed by atoms with van der Waals surface area (Å²) >= 11 is 5.21. The molecule has 0 saturated heterocycles. The number of hydrogen-bond acceptors (Lipinski definition) is 3. The van der Waals surface area contributed by atoms with E-state index >= 15 is 0 Å². The van der Waals surface area contributed by atoms with Gasteiger partial charge in [-0.1, -0.05) is 39.9 Å². The zero-order valence-corrected chi connectivity index (χ0v) is 12.1. The Hall–Kier alpha value is -0.740. The second kappa shape index (κ2) is 6.26. The Morgan fingerprint density at radius 1 is 1.35 bits per heavy atom. The van der Waals surface area contributed by atoms with E-state index in [0.29, 0.717) is 23.1 Å². The molecular weight excluding hydrogens is 232 g/mol. The summed E-state index contributed by atoms with van der Waals surface area (Å²) < 4.78 is 6.37. The zero-order chi connectivity index (χ0) is 13.0. The van der Waals surface area contributed by atoms with Gasteiger partial charge in [-0.25, -0.2) is 4.98 Å². The Balaban J connectivity index is 3.14. The Morgan fingerprint density at radius 2 is 2.00 bits per heavy atom. The van der Waals surface area contributed by atoms with Crippen LogP contribution in [0.25, 0.3) is 0 Å². The van der Waals surface area contributed by atoms with Gasteiger partial charge in [-0.3, -0.25) is 0 Å². The van der Waals surface area contributed by atoms with Crippen LogP contribution in [-0.4, -0.2) is 16.6 Å². The van der Waals surface area contributed by atoms with Crippen LogP contribution in [0.1, 0.15) is 58.2 Å². The standard InChI is InChI=1S/C13H22N2OS/c1-6-16-12(9(4)5)13-14-10(8(2)3)7-11(17)15-13/h7-9,12H,6H2,1-5H3,(H,14,15,17). The van der Waals surface area contributed by atoms with Gasteiger partial charge in [-0.15, -0.1) is 0 Å². The Kier molecular flexibility index (Phi) is 5.28. The molecule has 1 N–H and O–H groups in total. The van der Waals surface area contributed by atoms with Gasteiger partial charge in [0.25, 0.3) is 0 Å². The third-order valence-electron chi connectivity index (χ3n) is 2.63. The lowest BCUT2D eigenvalue weighted by Gasteiger charge is -2.21. The van der Waals surface area contributed by atoms with Crippen molar-refractivity contribution in [2.75, 3.05) is 6.61 Å². The molecule has 17 heavy (non-hydrogen) atoms. The van der Waals surface area contributed by atoms with Crippen molar-refractivity contribution in [1.82, 2.24) is 9.97 Å². The van der Waals surface area contributed by atoms with E-state index in [1.54, 1.807) is 0 Å². The number of ether oxygens (including phenoxy) is 1. The van der Waals surface area contributed by atoms with Crippen LogP contribution in [0.3, 0.4) is 0 Å². The van der Waals surface area contributed by atoms with Gasteiger partial charge in [0.15, 0.2) is 0 Å². The molecule has 1 rings (SSSR count). The Labute approximate surface area is 109 Å². The minimum absolute atomic E-state index is 0.0135. The monoisotopic (exact) mass is 254 g/mol. The second-order valence-corrected chi connectivity index (χ2v) is 5.25. The van der Waals surface area contributed by atoms with Crippen molar-refractivity contribution in [3.05, 3.63) is 22.2 Å². The van der Waals surface area contributed by atoms with Gasteiger partial charge in [0.1, 0.15) is 16.6 Å². The molecule has 0 saturated carbocycles. The lowest BCUT2D eigenvalue weighted by molar-refractivity contribution is 0.0229. The highest BCUT2D eigenvalue weighted by Crippen LogP contribution is 2.24. The van der Waals surface area contributed by atoms with Crippen molar-refractivity contribution >= 4 is 12.2 Å². The average Bonchev–Trinajstić information content (AvgIpc) is 2.24. The van der Waals surface area contributed by atoms with E-state index in [1.807, 2.05) is 13.0 Å². The van der Waals surface area contributed by atoms with Gasteiger partial charge in [0, 0.05) is 12.3 Å². The molecule has 0 aliphatic heterocycles. The van der Waals surface area contributed by atoms with Crippen molar-refractivity contribution in [2.24, 2.45) is 5.92 Å². The smallest absolute Gasteiger partial charge is 0.137 e. The highest BCUT2D eigenvalue weighted by Gasteiger charge is 2.19. The molecule has 3 nitrogen and oxygen atoms in total. The summed E-state index contributed by atoms with van der Waals surface area (Å²) in [5, 5.41) is 0. The summed E-state index contributed by atoms with van der Waals surface area (Å²) in [5.74, 6) is 1.63. The van der Waals surface area contributed by atoms with E-state index in [0.717, 1.165) is 11.5 Å². The lowest BCUT2D eigenvalue weighted by atomic mass is 10.1. The fraction of sp³-hybridized carbons (Fsp3) is 0.692. The van der Waals surface area contributed by atoms with E-state index in [4.69, 9.17) is 17.0 Å². The fourth-order valence-corrected chi connectivity index (χ4v) is 1.93. The number of nitrogens with one attached hydrogen (secondary N) is 1. The minimum atomic E-state index is -0.0135. The van der Waals surface area contributed by atoms with E-state index in [2.05, 4.69) is 37.7 Å². The molecule has 0 amide bonds. The van der Waals surface area contributed by atoms with Crippen molar-refractivity contribution in [2.45, 2.75) is 46.6 Å². The zero-order valence-electron chi connectivity index (χ0n) is 11.3. The first-order valence-electron chi connectivity index (χ1n) is 6.18. The summed E-state index contributed by atoms with van der Waals surface area (Å²) in [5.41, 5.74) is 1.12. The summed E-state index contributed by atoms with van der Waals surface area (Å²) in [4.78, 5) is 7.74. The van der Waals surface area contributed by atoms with Crippen molar-refractivity contribution < 1.29 is 4.74 Å². The predicted octanol–water partition coefficient (Wildman–Crippen LogP) is 4.00. The number of hydrogen-bond donors (Lipinski definition) is 1. The summed E-state index contributed by atoms with van der Waals surface area (Å²) in [6, 6.07) is 1.92. The van der Waals surface area contributed by atoms with Crippen molar-refractivity contribution in [3.63, 3.8) is 0 Å². The molecule has 1 atom stereocenters. The number of aromatic nitrogens is 2. The maximum absolute atomic E-state index is 5.74. The number of aromatic amines is 1. The first kappa shape index (κ1) is 14.3. The quantitative estimate of drug-likeness (QED) is 0.807. The largest absolute Gasteiger partial charge is 0.370 e. The van der Waals surface area contributed by atoms with Gasteiger partial charge in [-0.05, 0) is 24.8 Å². The first-order valence-corrected chi connectivity index (χ1v) is 6.59. The van der Waals surface area contributed by atoms with E-state index in [9.17, 15) is 0 Å². The normalized spacial score (nSPS) is 13.4. The minimum Gasteiger partial charge on any atom is -0.370 e. The van der Waals surface area contributed by atoms with Crippen molar-refractivity contribution in [1.29, 1.82) is 0 Å². The van der Waals surface area contributed by atoms with Gasteiger partial charge in [0.05, 0.1) is 0 Å². The lowest BCUT2D eigenvalue weighted by Crippen LogP contribution is -2.16. The van der Waals surface area contributed by atoms with Gasteiger partial charge < -0.3 is 9.72 Å². The third kappa shape index (κ3) is 3.89.